The van der Waals surface area contributed by atoms with Crippen LogP contribution >= 0.6 is 0 Å². The topological polar surface area (TPSA) is 59.9 Å². The number of ketones is 2. The Labute approximate surface area is 128 Å². The molecule has 3 rings (SSSR count). The van der Waals surface area contributed by atoms with Crippen LogP contribution in [-0.4, -0.2) is 21.5 Å². The molecule has 0 atom stereocenters. The summed E-state index contributed by atoms with van der Waals surface area (Å²) in [6.45, 7) is 5.28. The Kier molecular flexibility index (Phi) is 3.45. The zero-order chi connectivity index (χ0) is 15.9. The highest BCUT2D eigenvalue weighted by Crippen LogP contribution is 2.26. The second-order valence-corrected chi connectivity index (χ2v) is 5.52. The fourth-order valence-electron chi connectivity index (χ4n) is 2.56. The molecule has 0 saturated heterocycles. The van der Waals surface area contributed by atoms with Gasteiger partial charge in [0.15, 0.2) is 0 Å². The molecule has 22 heavy (non-hydrogen) atoms. The van der Waals surface area contributed by atoms with Crippen LogP contribution in [0.25, 0.3) is 0 Å². The summed E-state index contributed by atoms with van der Waals surface area (Å²) in [6, 6.07) is 9.65. The van der Waals surface area contributed by atoms with Gasteiger partial charge in [-0.05, 0) is 26.3 Å². The number of fused-ring (bicyclic) bond motifs is 1. The van der Waals surface area contributed by atoms with E-state index in [1.807, 2.05) is 30.3 Å². The van der Waals surface area contributed by atoms with Gasteiger partial charge in [0.2, 0.25) is 11.6 Å². The van der Waals surface area contributed by atoms with Crippen molar-refractivity contribution in [2.24, 2.45) is 0 Å². The van der Waals surface area contributed by atoms with Crippen LogP contribution in [0.3, 0.4) is 0 Å². The van der Waals surface area contributed by atoms with E-state index in [1.54, 1.807) is 20.8 Å². The maximum Gasteiger partial charge on any atom is 0.210 e. The van der Waals surface area contributed by atoms with Gasteiger partial charge in [-0.1, -0.05) is 30.3 Å². The highest BCUT2D eigenvalue weighted by Gasteiger charge is 2.32. The molecule has 0 spiro atoms. The van der Waals surface area contributed by atoms with Crippen LogP contribution in [0.15, 0.2) is 41.5 Å². The summed E-state index contributed by atoms with van der Waals surface area (Å²) in [5, 5.41) is 0. The first-order chi connectivity index (χ1) is 10.5. The van der Waals surface area contributed by atoms with E-state index < -0.39 is 0 Å². The number of aromatic nitrogens is 2. The van der Waals surface area contributed by atoms with Crippen LogP contribution in [0.4, 0.5) is 0 Å². The summed E-state index contributed by atoms with van der Waals surface area (Å²) < 4.78 is 0. The number of hydrogen-bond donors (Lipinski definition) is 0. The highest BCUT2D eigenvalue weighted by atomic mass is 16.1. The third-order valence-corrected chi connectivity index (χ3v) is 4.03. The van der Waals surface area contributed by atoms with Crippen molar-refractivity contribution in [3.8, 4) is 0 Å². The summed E-state index contributed by atoms with van der Waals surface area (Å²) in [5.41, 5.74) is 3.71. The van der Waals surface area contributed by atoms with Gasteiger partial charge in [-0.15, -0.1) is 0 Å². The van der Waals surface area contributed by atoms with Crippen LogP contribution in [0, 0.1) is 13.8 Å². The highest BCUT2D eigenvalue weighted by molar-refractivity contribution is 6.25. The van der Waals surface area contributed by atoms with Crippen molar-refractivity contribution in [3.05, 3.63) is 69.8 Å². The van der Waals surface area contributed by atoms with E-state index in [-0.39, 0.29) is 23.0 Å². The van der Waals surface area contributed by atoms with Crippen molar-refractivity contribution in [1.82, 2.24) is 9.97 Å². The first kappa shape index (κ1) is 14.3. The molecule has 0 N–H and O–H groups in total. The first-order valence-electron chi connectivity index (χ1n) is 7.17. The Morgan fingerprint density at radius 1 is 0.818 bits per heavy atom. The standard InChI is InChI=1S/C18H16N2O2/c1-10-14(9-13-7-5-4-6-8-13)18(22)16-15(17(10)21)19-11(2)12(3)20-16/h4-8H,9H2,1-3H3. The molecule has 2 aromatic rings. The molecule has 1 heterocycles. The van der Waals surface area contributed by atoms with Crippen LogP contribution in [0.5, 0.6) is 0 Å². The lowest BCUT2D eigenvalue weighted by molar-refractivity contribution is 0.0965. The number of hydrogen-bond acceptors (Lipinski definition) is 4. The van der Waals surface area contributed by atoms with E-state index in [1.165, 1.54) is 0 Å². The van der Waals surface area contributed by atoms with Crippen LogP contribution in [0.1, 0.15) is 44.9 Å². The monoisotopic (exact) mass is 292 g/mol. The zero-order valence-corrected chi connectivity index (χ0v) is 12.8. The molecular weight excluding hydrogens is 276 g/mol. The van der Waals surface area contributed by atoms with Gasteiger partial charge in [0.05, 0.1) is 11.4 Å². The van der Waals surface area contributed by atoms with Crippen LogP contribution < -0.4 is 0 Å². The van der Waals surface area contributed by atoms with Gasteiger partial charge in [0.25, 0.3) is 0 Å². The van der Waals surface area contributed by atoms with Crippen molar-refractivity contribution in [2.75, 3.05) is 0 Å². The average Bonchev–Trinajstić information content (AvgIpc) is 2.52. The fraction of sp³-hybridized carbons (Fsp3) is 0.222. The minimum absolute atomic E-state index is 0.183. The lowest BCUT2D eigenvalue weighted by atomic mass is 9.87. The van der Waals surface area contributed by atoms with Crippen molar-refractivity contribution >= 4 is 11.6 Å². The molecule has 1 aromatic heterocycles. The number of nitrogens with zero attached hydrogens (tertiary/aromatic N) is 2. The third-order valence-electron chi connectivity index (χ3n) is 4.03. The average molecular weight is 292 g/mol. The van der Waals surface area contributed by atoms with Crippen molar-refractivity contribution in [3.63, 3.8) is 0 Å². The molecule has 4 nitrogen and oxygen atoms in total. The van der Waals surface area contributed by atoms with Crippen molar-refractivity contribution < 1.29 is 9.59 Å². The van der Waals surface area contributed by atoms with E-state index in [9.17, 15) is 9.59 Å². The summed E-state index contributed by atoms with van der Waals surface area (Å²) in [6.07, 6.45) is 0.436. The SMILES string of the molecule is CC1=C(Cc2ccccc2)C(=O)c2nc(C)c(C)nc2C1=O. The molecule has 1 aliphatic carbocycles. The number of rotatable bonds is 2. The van der Waals surface area contributed by atoms with E-state index in [4.69, 9.17) is 0 Å². The van der Waals surface area contributed by atoms with Crippen LogP contribution in [0.2, 0.25) is 0 Å². The molecular formula is C18H16N2O2. The number of Topliss-reactive ketones (excluding diaryl/α,β-unsaturated/α-hetero) is 2. The Balaban J connectivity index is 2.09. The smallest absolute Gasteiger partial charge is 0.210 e. The first-order valence-corrected chi connectivity index (χ1v) is 7.17. The zero-order valence-electron chi connectivity index (χ0n) is 12.8. The van der Waals surface area contributed by atoms with Gasteiger partial charge < -0.3 is 0 Å². The van der Waals surface area contributed by atoms with Gasteiger partial charge >= 0.3 is 0 Å². The molecule has 1 aromatic carbocycles. The quantitative estimate of drug-likeness (QED) is 0.853. The number of aryl methyl sites for hydroxylation is 2. The maximum absolute atomic E-state index is 12.7. The molecule has 110 valence electrons. The lowest BCUT2D eigenvalue weighted by Crippen LogP contribution is -2.26. The minimum Gasteiger partial charge on any atom is -0.287 e. The van der Waals surface area contributed by atoms with Crippen LogP contribution in [-0.2, 0) is 6.42 Å². The molecule has 0 saturated carbocycles. The molecule has 1 aliphatic rings. The second-order valence-electron chi connectivity index (χ2n) is 5.52. The summed E-state index contributed by atoms with van der Waals surface area (Å²) in [5.74, 6) is -0.386. The van der Waals surface area contributed by atoms with Gasteiger partial charge in [0.1, 0.15) is 11.4 Å². The number of carbonyl (C=O) groups is 2. The Bertz CT molecular complexity index is 820. The van der Waals surface area contributed by atoms with Gasteiger partial charge in [-0.3, -0.25) is 9.59 Å². The molecule has 0 fully saturated rings. The Morgan fingerprint density at radius 3 is 1.95 bits per heavy atom. The predicted octanol–water partition coefficient (Wildman–Crippen LogP) is 3.03. The largest absolute Gasteiger partial charge is 0.287 e. The normalized spacial score (nSPS) is 14.3. The van der Waals surface area contributed by atoms with E-state index in [0.717, 1.165) is 5.56 Å². The molecule has 0 unspecified atom stereocenters. The second kappa shape index (κ2) is 5.30. The summed E-state index contributed by atoms with van der Waals surface area (Å²) in [4.78, 5) is 33.8. The summed E-state index contributed by atoms with van der Waals surface area (Å²) >= 11 is 0. The third kappa shape index (κ3) is 2.26. The van der Waals surface area contributed by atoms with Gasteiger partial charge in [-0.25, -0.2) is 9.97 Å². The van der Waals surface area contributed by atoms with E-state index >= 15 is 0 Å². The fourth-order valence-corrected chi connectivity index (χ4v) is 2.56. The number of carbonyl (C=O) groups excluding carboxylic acids is 2. The maximum atomic E-state index is 12.7. The summed E-state index contributed by atoms with van der Waals surface area (Å²) in [7, 11) is 0. The molecule has 0 radical (unpaired) electrons. The molecule has 0 aliphatic heterocycles. The molecule has 0 amide bonds. The Hall–Kier alpha value is -2.62. The lowest BCUT2D eigenvalue weighted by Gasteiger charge is -2.18. The van der Waals surface area contributed by atoms with Gasteiger partial charge in [-0.2, -0.15) is 0 Å². The van der Waals surface area contributed by atoms with Crippen molar-refractivity contribution in [1.29, 1.82) is 0 Å². The number of allylic oxidation sites excluding steroid dienone is 2. The van der Waals surface area contributed by atoms with Crippen molar-refractivity contribution in [2.45, 2.75) is 27.2 Å². The molecule has 0 bridgehead atoms. The molecule has 4 heteroatoms. The minimum atomic E-state index is -0.198. The van der Waals surface area contributed by atoms with E-state index in [2.05, 4.69) is 9.97 Å². The number of benzene rings is 1. The van der Waals surface area contributed by atoms with Gasteiger partial charge in [0, 0.05) is 17.6 Å². The Morgan fingerprint density at radius 2 is 1.36 bits per heavy atom. The predicted molar refractivity (Wildman–Crippen MR) is 83.0 cm³/mol. The van der Waals surface area contributed by atoms with E-state index in [0.29, 0.717) is 29.0 Å².